The van der Waals surface area contributed by atoms with Crippen LogP contribution in [0.4, 0.5) is 4.39 Å². The number of hydrogen-bond donors (Lipinski definition) is 1. The van der Waals surface area contributed by atoms with Gasteiger partial charge in [0.25, 0.3) is 0 Å². The number of halogens is 1. The lowest BCUT2D eigenvalue weighted by molar-refractivity contribution is 0.180. The second-order valence-corrected chi connectivity index (χ2v) is 4.58. The summed E-state index contributed by atoms with van der Waals surface area (Å²) in [4.78, 5) is 0. The minimum absolute atomic E-state index is 0.0934. The predicted molar refractivity (Wildman–Crippen MR) is 61.7 cm³/mol. The molecule has 3 heteroatoms. The van der Waals surface area contributed by atoms with Gasteiger partial charge in [0.15, 0.2) is 0 Å². The van der Waals surface area contributed by atoms with Crippen molar-refractivity contribution in [2.45, 2.75) is 31.3 Å². The third-order valence-corrected chi connectivity index (χ3v) is 3.66. The maximum atomic E-state index is 13.5. The summed E-state index contributed by atoms with van der Waals surface area (Å²) in [6.45, 7) is 0.964. The molecule has 0 atom stereocenters. The van der Waals surface area contributed by atoms with E-state index in [0.717, 1.165) is 18.4 Å². The van der Waals surface area contributed by atoms with Gasteiger partial charge in [0.2, 0.25) is 0 Å². The van der Waals surface area contributed by atoms with Crippen LogP contribution in [0.1, 0.15) is 30.4 Å². The zero-order valence-electron chi connectivity index (χ0n) is 9.63. The number of hydrogen-bond acceptors (Lipinski definition) is 2. The largest absolute Gasteiger partial charge is 0.380 e. The second kappa shape index (κ2) is 4.52. The average Bonchev–Trinajstić information content (AvgIpc) is 2.22. The number of methoxy groups -OCH3 is 1. The first kappa shape index (κ1) is 11.6. The lowest BCUT2D eigenvalue weighted by Gasteiger charge is -2.41. The molecule has 16 heavy (non-hydrogen) atoms. The van der Waals surface area contributed by atoms with Crippen LogP contribution >= 0.6 is 0 Å². The minimum Gasteiger partial charge on any atom is -0.380 e. The molecular weight excluding hydrogens is 205 g/mol. The Balaban J connectivity index is 2.31. The predicted octanol–water partition coefficient (Wildman–Crippen LogP) is 2.35. The lowest BCUT2D eigenvalue weighted by Crippen LogP contribution is -2.41. The number of nitrogens with two attached hydrogens (primary N) is 1. The van der Waals surface area contributed by atoms with Gasteiger partial charge in [-0.2, -0.15) is 0 Å². The number of rotatable bonds is 4. The molecule has 0 unspecified atom stereocenters. The van der Waals surface area contributed by atoms with Crippen molar-refractivity contribution >= 4 is 0 Å². The Hall–Kier alpha value is -0.930. The van der Waals surface area contributed by atoms with Crippen LogP contribution in [0.25, 0.3) is 0 Å². The van der Waals surface area contributed by atoms with Crippen LogP contribution in [0.3, 0.4) is 0 Å². The SMILES string of the molecule is COCc1cc(C2(CN)CCC2)ccc1F. The summed E-state index contributed by atoms with van der Waals surface area (Å²) in [6.07, 6.45) is 3.44. The van der Waals surface area contributed by atoms with Gasteiger partial charge in [-0.15, -0.1) is 0 Å². The molecule has 1 aromatic rings. The van der Waals surface area contributed by atoms with E-state index in [9.17, 15) is 4.39 Å². The van der Waals surface area contributed by atoms with Gasteiger partial charge in [-0.3, -0.25) is 0 Å². The van der Waals surface area contributed by atoms with Crippen LogP contribution in [-0.2, 0) is 16.8 Å². The average molecular weight is 223 g/mol. The van der Waals surface area contributed by atoms with Crippen LogP contribution in [0.2, 0.25) is 0 Å². The van der Waals surface area contributed by atoms with Crippen molar-refractivity contribution < 1.29 is 9.13 Å². The highest BCUT2D eigenvalue weighted by Gasteiger charge is 2.37. The molecule has 1 fully saturated rings. The lowest BCUT2D eigenvalue weighted by atomic mass is 9.64. The van der Waals surface area contributed by atoms with Crippen molar-refractivity contribution in [1.29, 1.82) is 0 Å². The fourth-order valence-electron chi connectivity index (χ4n) is 2.38. The highest BCUT2D eigenvalue weighted by Crippen LogP contribution is 2.43. The van der Waals surface area contributed by atoms with Gasteiger partial charge in [-0.25, -0.2) is 4.39 Å². The monoisotopic (exact) mass is 223 g/mol. The smallest absolute Gasteiger partial charge is 0.128 e. The van der Waals surface area contributed by atoms with E-state index < -0.39 is 0 Å². The van der Waals surface area contributed by atoms with Crippen LogP contribution in [0.15, 0.2) is 18.2 Å². The molecule has 0 saturated heterocycles. The molecule has 0 amide bonds. The summed E-state index contributed by atoms with van der Waals surface area (Å²) in [5.74, 6) is -0.197. The molecule has 88 valence electrons. The van der Waals surface area contributed by atoms with Gasteiger partial charge in [0.05, 0.1) is 6.61 Å². The summed E-state index contributed by atoms with van der Waals surface area (Å²) in [6, 6.07) is 5.30. The van der Waals surface area contributed by atoms with E-state index in [4.69, 9.17) is 10.5 Å². The van der Waals surface area contributed by atoms with Crippen LogP contribution < -0.4 is 5.73 Å². The fourth-order valence-corrected chi connectivity index (χ4v) is 2.38. The van der Waals surface area contributed by atoms with Crippen molar-refractivity contribution in [3.63, 3.8) is 0 Å². The minimum atomic E-state index is -0.197. The van der Waals surface area contributed by atoms with E-state index in [0.29, 0.717) is 18.7 Å². The topological polar surface area (TPSA) is 35.2 Å². The van der Waals surface area contributed by atoms with E-state index in [1.807, 2.05) is 12.1 Å². The molecule has 0 spiro atoms. The Labute approximate surface area is 95.6 Å². The maximum absolute atomic E-state index is 13.5. The van der Waals surface area contributed by atoms with E-state index in [2.05, 4.69) is 0 Å². The number of ether oxygens (including phenoxy) is 1. The maximum Gasteiger partial charge on any atom is 0.128 e. The first-order valence-corrected chi connectivity index (χ1v) is 5.70. The van der Waals surface area contributed by atoms with Crippen LogP contribution in [0.5, 0.6) is 0 Å². The second-order valence-electron chi connectivity index (χ2n) is 4.58. The molecule has 2 nitrogen and oxygen atoms in total. The van der Waals surface area contributed by atoms with Gasteiger partial charge in [-0.05, 0) is 30.5 Å². The molecule has 2 N–H and O–H groups in total. The van der Waals surface area contributed by atoms with E-state index in [1.165, 1.54) is 12.5 Å². The molecule has 0 aliphatic heterocycles. The van der Waals surface area contributed by atoms with Crippen molar-refractivity contribution in [1.82, 2.24) is 0 Å². The van der Waals surface area contributed by atoms with Gasteiger partial charge in [0, 0.05) is 24.6 Å². The first-order chi connectivity index (χ1) is 7.72. The molecule has 0 heterocycles. The number of benzene rings is 1. The molecule has 1 aliphatic rings. The van der Waals surface area contributed by atoms with Crippen molar-refractivity contribution in [2.24, 2.45) is 5.73 Å². The Morgan fingerprint density at radius 3 is 2.69 bits per heavy atom. The summed E-state index contributed by atoms with van der Waals surface area (Å²) in [5.41, 5.74) is 7.72. The van der Waals surface area contributed by atoms with Gasteiger partial charge in [0.1, 0.15) is 5.82 Å². The highest BCUT2D eigenvalue weighted by atomic mass is 19.1. The highest BCUT2D eigenvalue weighted by molar-refractivity contribution is 5.33. The summed E-state index contributed by atoms with van der Waals surface area (Å²) >= 11 is 0. The Morgan fingerprint density at radius 2 is 2.19 bits per heavy atom. The summed E-state index contributed by atoms with van der Waals surface area (Å²) in [7, 11) is 1.58. The fraction of sp³-hybridized carbons (Fsp3) is 0.538. The summed E-state index contributed by atoms with van der Waals surface area (Å²) < 4.78 is 18.4. The molecule has 0 bridgehead atoms. The molecular formula is C13H18FNO. The van der Waals surface area contributed by atoms with Crippen molar-refractivity contribution in [3.05, 3.63) is 35.1 Å². The standard InChI is InChI=1S/C13H18FNO/c1-16-8-10-7-11(3-4-12(10)14)13(9-15)5-2-6-13/h3-4,7H,2,5-6,8-9,15H2,1H3. The first-order valence-electron chi connectivity index (χ1n) is 5.70. The molecule has 0 radical (unpaired) electrons. The van der Waals surface area contributed by atoms with Crippen molar-refractivity contribution in [2.75, 3.05) is 13.7 Å². The Morgan fingerprint density at radius 1 is 1.44 bits per heavy atom. The van der Waals surface area contributed by atoms with Gasteiger partial charge in [-0.1, -0.05) is 12.5 Å². The molecule has 1 saturated carbocycles. The van der Waals surface area contributed by atoms with E-state index in [-0.39, 0.29) is 11.2 Å². The molecule has 2 rings (SSSR count). The third kappa shape index (κ3) is 1.85. The Kier molecular flexibility index (Phi) is 3.26. The summed E-state index contributed by atoms with van der Waals surface area (Å²) in [5, 5.41) is 0. The van der Waals surface area contributed by atoms with Crippen molar-refractivity contribution in [3.8, 4) is 0 Å². The zero-order valence-corrected chi connectivity index (χ0v) is 9.63. The van der Waals surface area contributed by atoms with E-state index in [1.54, 1.807) is 7.11 Å². The van der Waals surface area contributed by atoms with Crippen LogP contribution in [-0.4, -0.2) is 13.7 Å². The normalized spacial score (nSPS) is 18.2. The molecule has 1 aliphatic carbocycles. The Bertz CT molecular complexity index is 369. The van der Waals surface area contributed by atoms with E-state index >= 15 is 0 Å². The quantitative estimate of drug-likeness (QED) is 0.850. The van der Waals surface area contributed by atoms with Gasteiger partial charge < -0.3 is 10.5 Å². The van der Waals surface area contributed by atoms with Crippen LogP contribution in [0, 0.1) is 5.82 Å². The van der Waals surface area contributed by atoms with Gasteiger partial charge >= 0.3 is 0 Å². The molecule has 0 aromatic heterocycles. The zero-order chi connectivity index (χ0) is 11.6. The third-order valence-electron chi connectivity index (χ3n) is 3.66. The molecule has 1 aromatic carbocycles.